The number of anilines is 1. The van der Waals surface area contributed by atoms with Gasteiger partial charge in [0.1, 0.15) is 5.82 Å². The molecule has 2 aromatic carbocycles. The number of ether oxygens (including phenoxy) is 2. The molecular formula is C31H35ClFN3O4SSi. The van der Waals surface area contributed by atoms with Crippen molar-refractivity contribution >= 4 is 42.3 Å². The summed E-state index contributed by atoms with van der Waals surface area (Å²) in [7, 11) is -2.03. The van der Waals surface area contributed by atoms with Gasteiger partial charge in [0.25, 0.3) is 0 Å². The topological polar surface area (TPSA) is 72.9 Å². The van der Waals surface area contributed by atoms with Gasteiger partial charge < -0.3 is 24.1 Å². The van der Waals surface area contributed by atoms with E-state index in [-0.39, 0.29) is 17.7 Å². The summed E-state index contributed by atoms with van der Waals surface area (Å²) < 4.78 is 32.9. The molecule has 3 aliphatic rings. The Bertz CT molecular complexity index is 1570. The minimum atomic E-state index is -2.03. The fourth-order valence-electron chi connectivity index (χ4n) is 5.19. The fourth-order valence-corrected chi connectivity index (χ4v) is 7.41. The molecule has 2 aliphatic heterocycles. The van der Waals surface area contributed by atoms with Crippen molar-refractivity contribution in [2.45, 2.75) is 69.6 Å². The quantitative estimate of drug-likeness (QED) is 0.255. The minimum absolute atomic E-state index is 0.0627. The van der Waals surface area contributed by atoms with Gasteiger partial charge in [0.2, 0.25) is 21.0 Å². The molecule has 0 saturated heterocycles. The lowest BCUT2D eigenvalue weighted by Gasteiger charge is -2.36. The highest BCUT2D eigenvalue weighted by Gasteiger charge is 2.52. The molecule has 0 spiro atoms. The SMILES string of the molecule is CC(C)(C)[Si](C)(C)OC1=CN([C@H](c2cnc(NC(=O)C3(c4ccc5c(c4)OCO5)CC3)s2)c2ccc(Cl)cc2F)CC1. The summed E-state index contributed by atoms with van der Waals surface area (Å²) in [6.45, 7) is 11.9. The van der Waals surface area contributed by atoms with Crippen molar-refractivity contribution in [3.05, 3.63) is 81.4 Å². The van der Waals surface area contributed by atoms with Gasteiger partial charge in [-0.3, -0.25) is 4.79 Å². The van der Waals surface area contributed by atoms with Crippen LogP contribution < -0.4 is 14.8 Å². The van der Waals surface area contributed by atoms with Crippen LogP contribution in [0, 0.1) is 5.82 Å². The van der Waals surface area contributed by atoms with Gasteiger partial charge in [-0.15, -0.1) is 0 Å². The number of aromatic nitrogens is 1. The number of thiazole rings is 1. The number of carbonyl (C=O) groups is 1. The van der Waals surface area contributed by atoms with Gasteiger partial charge in [-0.2, -0.15) is 0 Å². The maximum atomic E-state index is 15.4. The number of rotatable bonds is 8. The molecule has 1 aliphatic carbocycles. The maximum Gasteiger partial charge on any atom is 0.250 e. The molecule has 1 saturated carbocycles. The Morgan fingerprint density at radius 1 is 1.19 bits per heavy atom. The van der Waals surface area contributed by atoms with E-state index in [2.05, 4.69) is 49.1 Å². The average molecular weight is 628 g/mol. The third-order valence-electron chi connectivity index (χ3n) is 8.83. The van der Waals surface area contributed by atoms with Crippen molar-refractivity contribution in [3.8, 4) is 11.5 Å². The van der Waals surface area contributed by atoms with E-state index in [1.54, 1.807) is 18.3 Å². The number of carbonyl (C=O) groups excluding carboxylic acids is 1. The largest absolute Gasteiger partial charge is 0.545 e. The number of nitrogens with zero attached hydrogens (tertiary/aromatic N) is 2. The van der Waals surface area contributed by atoms with Crippen LogP contribution in [0.1, 0.15) is 62.1 Å². The summed E-state index contributed by atoms with van der Waals surface area (Å²) in [4.78, 5) is 21.0. The summed E-state index contributed by atoms with van der Waals surface area (Å²) in [6.07, 6.45) is 5.95. The smallest absolute Gasteiger partial charge is 0.250 e. The van der Waals surface area contributed by atoms with Gasteiger partial charge in [0.05, 0.1) is 22.1 Å². The van der Waals surface area contributed by atoms with Gasteiger partial charge in [0, 0.05) is 35.9 Å². The molecule has 6 rings (SSSR count). The molecule has 1 amide bonds. The molecule has 222 valence electrons. The van der Waals surface area contributed by atoms with Crippen molar-refractivity contribution in [3.63, 3.8) is 0 Å². The Hall–Kier alpha value is -3.08. The fraction of sp³-hybridized carbons (Fsp3) is 0.419. The Morgan fingerprint density at radius 3 is 2.67 bits per heavy atom. The first-order valence-corrected chi connectivity index (χ1v) is 18.2. The van der Waals surface area contributed by atoms with Crippen LogP contribution in [0.15, 0.2) is 54.6 Å². The minimum Gasteiger partial charge on any atom is -0.545 e. The van der Waals surface area contributed by atoms with Gasteiger partial charge in [-0.25, -0.2) is 9.37 Å². The van der Waals surface area contributed by atoms with E-state index in [0.717, 1.165) is 35.5 Å². The predicted molar refractivity (Wildman–Crippen MR) is 165 cm³/mol. The summed E-state index contributed by atoms with van der Waals surface area (Å²) >= 11 is 7.46. The zero-order valence-corrected chi connectivity index (χ0v) is 27.0. The maximum absolute atomic E-state index is 15.4. The average Bonchev–Trinajstić information content (AvgIpc) is 3.22. The molecule has 0 bridgehead atoms. The molecule has 7 nitrogen and oxygen atoms in total. The van der Waals surface area contributed by atoms with Gasteiger partial charge in [-0.05, 0) is 60.8 Å². The summed E-state index contributed by atoms with van der Waals surface area (Å²) in [6, 6.07) is 9.98. The molecule has 1 N–H and O–H groups in total. The lowest BCUT2D eigenvalue weighted by Crippen LogP contribution is -2.40. The molecule has 1 aromatic heterocycles. The zero-order valence-electron chi connectivity index (χ0n) is 24.4. The van der Waals surface area contributed by atoms with E-state index in [1.165, 1.54) is 17.4 Å². The molecule has 0 radical (unpaired) electrons. The van der Waals surface area contributed by atoms with E-state index in [4.69, 9.17) is 25.5 Å². The highest BCUT2D eigenvalue weighted by atomic mass is 35.5. The molecule has 3 aromatic rings. The van der Waals surface area contributed by atoms with Crippen molar-refractivity contribution in [2.75, 3.05) is 18.7 Å². The first kappa shape index (κ1) is 29.0. The van der Waals surface area contributed by atoms with E-state index in [0.29, 0.717) is 33.8 Å². The zero-order chi connectivity index (χ0) is 29.9. The standard InChI is InChI=1S/C31H35ClFN3O4SSi/c1-30(2,3)42(4,5)40-21-10-13-36(17-21)27(22-8-7-20(32)15-23(22)33)26-16-34-29(41-26)35-28(37)31(11-12-31)19-6-9-24-25(14-19)39-18-38-24/h6-9,14-17,27H,10-13,18H2,1-5H3,(H,34,35,37)/t27-/m0/s1. The van der Waals surface area contributed by atoms with Crippen LogP contribution in [0.3, 0.4) is 0 Å². The molecular weight excluding hydrogens is 593 g/mol. The van der Waals surface area contributed by atoms with Crippen LogP contribution in [0.5, 0.6) is 11.5 Å². The summed E-state index contributed by atoms with van der Waals surface area (Å²) in [5.74, 6) is 1.76. The molecule has 42 heavy (non-hydrogen) atoms. The second-order valence-corrected chi connectivity index (χ2v) is 18.9. The Labute approximate surface area is 255 Å². The predicted octanol–water partition coefficient (Wildman–Crippen LogP) is 7.99. The van der Waals surface area contributed by atoms with Crippen LogP contribution in [0.2, 0.25) is 23.2 Å². The Balaban J connectivity index is 1.26. The first-order chi connectivity index (χ1) is 19.9. The van der Waals surface area contributed by atoms with Gasteiger partial charge in [0.15, 0.2) is 16.6 Å². The van der Waals surface area contributed by atoms with Crippen molar-refractivity contribution in [1.82, 2.24) is 9.88 Å². The number of hydrogen-bond donors (Lipinski definition) is 1. The van der Waals surface area contributed by atoms with Crippen LogP contribution in [-0.2, 0) is 14.6 Å². The number of nitrogens with one attached hydrogen (secondary N) is 1. The lowest BCUT2D eigenvalue weighted by atomic mass is 9.94. The first-order valence-electron chi connectivity index (χ1n) is 14.1. The monoisotopic (exact) mass is 627 g/mol. The van der Waals surface area contributed by atoms with E-state index < -0.39 is 25.6 Å². The second kappa shape index (κ2) is 10.6. The number of fused-ring (bicyclic) bond motifs is 1. The molecule has 11 heteroatoms. The molecule has 1 fully saturated rings. The van der Waals surface area contributed by atoms with Crippen LogP contribution in [0.25, 0.3) is 0 Å². The number of halogens is 2. The Kier molecular flexibility index (Phi) is 7.30. The van der Waals surface area contributed by atoms with Gasteiger partial charge in [-0.1, -0.05) is 55.8 Å². The third-order valence-corrected chi connectivity index (χ3v) is 14.4. The van der Waals surface area contributed by atoms with Crippen LogP contribution >= 0.6 is 22.9 Å². The summed E-state index contributed by atoms with van der Waals surface area (Å²) in [5.41, 5.74) is 0.769. The number of benzene rings is 2. The molecule has 1 atom stereocenters. The highest BCUT2D eigenvalue weighted by molar-refractivity contribution is 7.15. The highest BCUT2D eigenvalue weighted by Crippen LogP contribution is 2.51. The van der Waals surface area contributed by atoms with E-state index >= 15 is 4.39 Å². The Morgan fingerprint density at radius 2 is 1.95 bits per heavy atom. The molecule has 0 unspecified atom stereocenters. The van der Waals surface area contributed by atoms with Gasteiger partial charge >= 0.3 is 0 Å². The third kappa shape index (κ3) is 5.40. The molecule has 3 heterocycles. The lowest BCUT2D eigenvalue weighted by molar-refractivity contribution is -0.118. The summed E-state index contributed by atoms with van der Waals surface area (Å²) in [5, 5.41) is 3.91. The van der Waals surface area contributed by atoms with E-state index in [1.807, 2.05) is 24.4 Å². The number of hydrogen-bond acceptors (Lipinski definition) is 7. The normalized spacial score (nSPS) is 18.1. The number of amides is 1. The van der Waals surface area contributed by atoms with E-state index in [9.17, 15) is 4.79 Å². The van der Waals surface area contributed by atoms with Crippen LogP contribution in [0.4, 0.5) is 9.52 Å². The van der Waals surface area contributed by atoms with Crippen LogP contribution in [-0.4, -0.2) is 37.4 Å². The van der Waals surface area contributed by atoms with Crippen molar-refractivity contribution in [2.24, 2.45) is 0 Å². The van der Waals surface area contributed by atoms with Crippen molar-refractivity contribution in [1.29, 1.82) is 0 Å². The van der Waals surface area contributed by atoms with Crippen molar-refractivity contribution < 1.29 is 23.1 Å². The second-order valence-electron chi connectivity index (χ2n) is 12.7.